The Morgan fingerprint density at radius 2 is 2.11 bits per heavy atom. The normalized spacial score (nSPS) is 10.8. The second kappa shape index (κ2) is 4.56. The lowest BCUT2D eigenvalue weighted by Crippen LogP contribution is -1.95. The van der Waals surface area contributed by atoms with Crippen molar-refractivity contribution in [1.29, 1.82) is 0 Å². The lowest BCUT2D eigenvalue weighted by atomic mass is 10.2. The molecule has 0 bridgehead atoms. The van der Waals surface area contributed by atoms with Gasteiger partial charge in [-0.05, 0) is 37.3 Å². The smallest absolute Gasteiger partial charge is 0.192 e. The maximum Gasteiger partial charge on any atom is 0.192 e. The number of anilines is 2. The Morgan fingerprint density at radius 3 is 2.94 bits per heavy atom. The number of hydrogen-bond acceptors (Lipinski definition) is 3. The molecule has 1 aromatic carbocycles. The fourth-order valence-corrected chi connectivity index (χ4v) is 2.33. The summed E-state index contributed by atoms with van der Waals surface area (Å²) in [5.41, 5.74) is 3.34. The fourth-order valence-electron chi connectivity index (χ4n) is 1.91. The van der Waals surface area contributed by atoms with Gasteiger partial charge in [-0.25, -0.2) is 9.97 Å². The summed E-state index contributed by atoms with van der Waals surface area (Å²) in [6, 6.07) is 10.2. The van der Waals surface area contributed by atoms with E-state index in [1.54, 1.807) is 6.20 Å². The van der Waals surface area contributed by atoms with Crippen LogP contribution < -0.4 is 5.32 Å². The van der Waals surface area contributed by atoms with Crippen LogP contribution in [0.3, 0.4) is 0 Å². The molecule has 4 nitrogen and oxygen atoms in total. The minimum Gasteiger partial charge on any atom is -0.359 e. The predicted octanol–water partition coefficient (Wildman–Crippen LogP) is 3.61. The number of benzene rings is 1. The molecule has 5 heteroatoms. The van der Waals surface area contributed by atoms with E-state index in [2.05, 4.69) is 68.0 Å². The highest BCUT2D eigenvalue weighted by atomic mass is 127. The Hall–Kier alpha value is -1.63. The van der Waals surface area contributed by atoms with Gasteiger partial charge in [0.05, 0.1) is 0 Å². The first-order valence-electron chi connectivity index (χ1n) is 5.56. The van der Waals surface area contributed by atoms with E-state index in [1.807, 2.05) is 12.1 Å². The molecule has 3 aromatic rings. The summed E-state index contributed by atoms with van der Waals surface area (Å²) in [6.45, 7) is 2.06. The summed E-state index contributed by atoms with van der Waals surface area (Å²) in [4.78, 5) is 11.7. The molecule has 0 amide bonds. The molecule has 3 rings (SSSR count). The summed E-state index contributed by atoms with van der Waals surface area (Å²) in [6.07, 6.45) is 1.75. The molecule has 0 aliphatic rings. The van der Waals surface area contributed by atoms with Crippen LogP contribution in [0.1, 0.15) is 5.69 Å². The van der Waals surface area contributed by atoms with E-state index >= 15 is 0 Å². The maximum atomic E-state index is 4.31. The Labute approximate surface area is 118 Å². The molecule has 0 unspecified atom stereocenters. The van der Waals surface area contributed by atoms with Crippen molar-refractivity contribution >= 4 is 45.0 Å². The Morgan fingerprint density at radius 1 is 1.22 bits per heavy atom. The average Bonchev–Trinajstić information content (AvgIpc) is 2.68. The van der Waals surface area contributed by atoms with E-state index in [9.17, 15) is 0 Å². The zero-order valence-electron chi connectivity index (χ0n) is 9.74. The van der Waals surface area contributed by atoms with E-state index in [4.69, 9.17) is 0 Å². The zero-order chi connectivity index (χ0) is 12.5. The minimum absolute atomic E-state index is 0.733. The van der Waals surface area contributed by atoms with Crippen LogP contribution in [0.15, 0.2) is 36.5 Å². The molecule has 0 radical (unpaired) electrons. The topological polar surface area (TPSA) is 53.6 Å². The summed E-state index contributed by atoms with van der Waals surface area (Å²) in [5, 5.41) is 4.47. The highest BCUT2D eigenvalue weighted by molar-refractivity contribution is 14.1. The molecule has 0 atom stereocenters. The van der Waals surface area contributed by atoms with Crippen molar-refractivity contribution in [1.82, 2.24) is 15.0 Å². The molecule has 0 saturated carbocycles. The first kappa shape index (κ1) is 11.5. The lowest BCUT2D eigenvalue weighted by molar-refractivity contribution is 1.11. The third kappa shape index (κ3) is 2.31. The third-order valence-corrected chi connectivity index (χ3v) is 3.17. The summed E-state index contributed by atoms with van der Waals surface area (Å²) in [5.74, 6) is 0.806. The molecule has 0 spiro atoms. The van der Waals surface area contributed by atoms with Gasteiger partial charge in [-0.15, -0.1) is 0 Å². The van der Waals surface area contributed by atoms with Gasteiger partial charge < -0.3 is 10.3 Å². The van der Waals surface area contributed by atoms with Gasteiger partial charge in [0.2, 0.25) is 0 Å². The molecular weight excluding hydrogens is 339 g/mol. The van der Waals surface area contributed by atoms with Gasteiger partial charge in [-0.2, -0.15) is 0 Å². The van der Waals surface area contributed by atoms with E-state index < -0.39 is 0 Å². The number of nitrogens with one attached hydrogen (secondary N) is 2. The van der Waals surface area contributed by atoms with Gasteiger partial charge in [-0.3, -0.25) is 0 Å². The summed E-state index contributed by atoms with van der Waals surface area (Å²) >= 11 is 2.10. The number of hydrogen-bond donors (Lipinski definition) is 2. The van der Waals surface area contributed by atoms with Crippen molar-refractivity contribution in [2.24, 2.45) is 0 Å². The zero-order valence-corrected chi connectivity index (χ0v) is 11.9. The molecule has 2 heterocycles. The number of H-pyrrole nitrogens is 1. The van der Waals surface area contributed by atoms with Crippen LogP contribution >= 0.6 is 22.6 Å². The third-order valence-electron chi connectivity index (χ3n) is 2.65. The maximum absolute atomic E-state index is 4.31. The lowest BCUT2D eigenvalue weighted by Gasteiger charge is -2.05. The number of aryl methyl sites for hydroxylation is 1. The molecule has 2 aromatic heterocycles. The van der Waals surface area contributed by atoms with Gasteiger partial charge in [0, 0.05) is 51.1 Å². The quantitative estimate of drug-likeness (QED) is 0.548. The van der Waals surface area contributed by atoms with Crippen LogP contribution in [-0.2, 0) is 0 Å². The van der Waals surface area contributed by atoms with Gasteiger partial charge in [0.15, 0.2) is 3.83 Å². The van der Waals surface area contributed by atoms with Gasteiger partial charge in [0.25, 0.3) is 0 Å². The summed E-state index contributed by atoms with van der Waals surface area (Å²) < 4.78 is 0.733. The number of halogens is 1. The molecule has 0 fully saturated rings. The first-order chi connectivity index (χ1) is 8.70. The molecular formula is C13H11IN4. The van der Waals surface area contributed by atoms with E-state index in [-0.39, 0.29) is 0 Å². The van der Waals surface area contributed by atoms with Crippen LogP contribution in [-0.4, -0.2) is 15.0 Å². The fraction of sp³-hybridized carbons (Fsp3) is 0.0769. The standard InChI is InChI=1S/C13H11IN4/c1-8-6-9-7-10(2-3-11(9)16-8)17-12-4-5-15-13(14)18-12/h2-7,16H,1H3,(H,15,17,18). The monoisotopic (exact) mass is 350 g/mol. The van der Waals surface area contributed by atoms with E-state index in [0.717, 1.165) is 20.9 Å². The van der Waals surface area contributed by atoms with Crippen LogP contribution in [0.5, 0.6) is 0 Å². The molecule has 0 aliphatic carbocycles. The average molecular weight is 350 g/mol. The highest BCUT2D eigenvalue weighted by Gasteiger charge is 2.01. The predicted molar refractivity (Wildman–Crippen MR) is 81.1 cm³/mol. The Bertz CT molecular complexity index is 705. The number of fused-ring (bicyclic) bond motifs is 1. The Kier molecular flexibility index (Phi) is 2.91. The van der Waals surface area contributed by atoms with Crippen LogP contribution in [0.25, 0.3) is 10.9 Å². The minimum atomic E-state index is 0.733. The van der Waals surface area contributed by atoms with Crippen LogP contribution in [0.2, 0.25) is 0 Å². The second-order valence-corrected chi connectivity index (χ2v) is 5.06. The van der Waals surface area contributed by atoms with Crippen molar-refractivity contribution in [3.05, 3.63) is 46.1 Å². The second-order valence-electron chi connectivity index (χ2n) is 4.09. The number of aromatic amines is 1. The first-order valence-corrected chi connectivity index (χ1v) is 6.63. The van der Waals surface area contributed by atoms with Crippen molar-refractivity contribution in [2.75, 3.05) is 5.32 Å². The molecule has 0 saturated heterocycles. The highest BCUT2D eigenvalue weighted by Crippen LogP contribution is 2.22. The molecule has 2 N–H and O–H groups in total. The summed E-state index contributed by atoms with van der Waals surface area (Å²) in [7, 11) is 0. The number of rotatable bonds is 2. The van der Waals surface area contributed by atoms with Crippen molar-refractivity contribution in [3.8, 4) is 0 Å². The van der Waals surface area contributed by atoms with E-state index in [1.165, 1.54) is 11.1 Å². The molecule has 18 heavy (non-hydrogen) atoms. The van der Waals surface area contributed by atoms with Crippen molar-refractivity contribution in [3.63, 3.8) is 0 Å². The number of aromatic nitrogens is 3. The van der Waals surface area contributed by atoms with Crippen LogP contribution in [0, 0.1) is 10.8 Å². The Balaban J connectivity index is 1.94. The van der Waals surface area contributed by atoms with Gasteiger partial charge >= 0.3 is 0 Å². The number of nitrogens with zero attached hydrogens (tertiary/aromatic N) is 2. The van der Waals surface area contributed by atoms with Crippen LogP contribution in [0.4, 0.5) is 11.5 Å². The van der Waals surface area contributed by atoms with Crippen molar-refractivity contribution in [2.45, 2.75) is 6.92 Å². The molecule has 0 aliphatic heterocycles. The SMILES string of the molecule is Cc1cc2cc(Nc3ccnc(I)n3)ccc2[nH]1. The van der Waals surface area contributed by atoms with Gasteiger partial charge in [-0.1, -0.05) is 0 Å². The van der Waals surface area contributed by atoms with Gasteiger partial charge in [0.1, 0.15) is 5.82 Å². The molecule has 90 valence electrons. The van der Waals surface area contributed by atoms with E-state index in [0.29, 0.717) is 0 Å². The largest absolute Gasteiger partial charge is 0.359 e. The van der Waals surface area contributed by atoms with Crippen molar-refractivity contribution < 1.29 is 0 Å².